The van der Waals surface area contributed by atoms with Crippen molar-refractivity contribution in [2.24, 2.45) is 16.1 Å². The van der Waals surface area contributed by atoms with Crippen LogP contribution in [0.15, 0.2) is 81.2 Å². The van der Waals surface area contributed by atoms with Crippen LogP contribution in [-0.2, 0) is 6.61 Å². The van der Waals surface area contributed by atoms with Gasteiger partial charge in [0.05, 0.1) is 23.1 Å². The number of ether oxygens (including phenoxy) is 1. The minimum atomic E-state index is 0.134. The van der Waals surface area contributed by atoms with E-state index < -0.39 is 0 Å². The SMILES string of the molecule is N#Cc1c(-c2ccoc2)cc(-c2cccs2)nc1OCc1cccc(C(N)=NN=N)c1. The third-order valence-corrected chi connectivity index (χ3v) is 5.35. The molecule has 3 aromatic heterocycles. The smallest absolute Gasteiger partial charge is 0.233 e. The Morgan fingerprint density at radius 2 is 2.16 bits per heavy atom. The van der Waals surface area contributed by atoms with Gasteiger partial charge >= 0.3 is 0 Å². The molecule has 0 radical (unpaired) electrons. The van der Waals surface area contributed by atoms with Gasteiger partial charge in [-0.1, -0.05) is 29.5 Å². The van der Waals surface area contributed by atoms with Gasteiger partial charge in [0.2, 0.25) is 5.88 Å². The summed E-state index contributed by atoms with van der Waals surface area (Å²) in [7, 11) is 0. The van der Waals surface area contributed by atoms with Crippen LogP contribution in [0.2, 0.25) is 0 Å². The highest BCUT2D eigenvalue weighted by Crippen LogP contribution is 2.35. The number of benzene rings is 1. The highest BCUT2D eigenvalue weighted by atomic mass is 32.1. The molecule has 9 heteroatoms. The van der Waals surface area contributed by atoms with Gasteiger partial charge in [-0.15, -0.1) is 16.4 Å². The van der Waals surface area contributed by atoms with Crippen molar-refractivity contribution in [1.29, 1.82) is 10.8 Å². The fourth-order valence-corrected chi connectivity index (χ4v) is 3.70. The number of thiophene rings is 1. The largest absolute Gasteiger partial charge is 0.472 e. The average Bonchev–Trinajstić information content (AvgIpc) is 3.52. The summed E-state index contributed by atoms with van der Waals surface area (Å²) in [4.78, 5) is 5.57. The van der Waals surface area contributed by atoms with Crippen molar-refractivity contribution >= 4 is 17.2 Å². The standard InChI is InChI=1S/C22H16N6O2S/c23-11-18-17(16-6-7-29-13-16)10-19(20-5-2-8-31-20)26-22(18)30-12-14-3-1-4-15(9-14)21(24)27-28-25/h1-10,13H,12H2,(H3,24,25,27). The van der Waals surface area contributed by atoms with Crippen molar-refractivity contribution in [3.8, 4) is 33.6 Å². The fourth-order valence-electron chi connectivity index (χ4n) is 3.01. The molecule has 0 unspecified atom stereocenters. The minimum absolute atomic E-state index is 0.134. The number of rotatable bonds is 7. The Labute approximate surface area is 181 Å². The molecular formula is C22H16N6O2S. The molecule has 0 fully saturated rings. The van der Waals surface area contributed by atoms with Crippen LogP contribution in [0.4, 0.5) is 0 Å². The van der Waals surface area contributed by atoms with Gasteiger partial charge in [0.1, 0.15) is 18.2 Å². The van der Waals surface area contributed by atoms with Crippen LogP contribution < -0.4 is 10.5 Å². The Morgan fingerprint density at radius 1 is 1.26 bits per heavy atom. The lowest BCUT2D eigenvalue weighted by atomic mass is 10.0. The van der Waals surface area contributed by atoms with Gasteiger partial charge in [0.25, 0.3) is 0 Å². The molecule has 0 aliphatic heterocycles. The zero-order chi connectivity index (χ0) is 21.6. The van der Waals surface area contributed by atoms with Crippen LogP contribution in [0.3, 0.4) is 0 Å². The second kappa shape index (κ2) is 9.02. The van der Waals surface area contributed by atoms with E-state index in [9.17, 15) is 5.26 Å². The zero-order valence-electron chi connectivity index (χ0n) is 16.1. The van der Waals surface area contributed by atoms with Crippen LogP contribution in [0, 0.1) is 16.9 Å². The third kappa shape index (κ3) is 4.34. The van der Waals surface area contributed by atoms with Crippen molar-refractivity contribution < 1.29 is 9.15 Å². The monoisotopic (exact) mass is 428 g/mol. The van der Waals surface area contributed by atoms with Crippen LogP contribution >= 0.6 is 11.3 Å². The molecule has 0 spiro atoms. The number of pyridine rings is 1. The van der Waals surface area contributed by atoms with Crippen LogP contribution in [0.5, 0.6) is 5.88 Å². The molecule has 0 saturated heterocycles. The van der Waals surface area contributed by atoms with Crippen molar-refractivity contribution in [2.75, 3.05) is 0 Å². The number of nitrogens with one attached hydrogen (secondary N) is 1. The first-order chi connectivity index (χ1) is 15.2. The summed E-state index contributed by atoms with van der Waals surface area (Å²) >= 11 is 1.55. The number of nitrogens with zero attached hydrogens (tertiary/aromatic N) is 4. The Kier molecular flexibility index (Phi) is 5.82. The molecule has 0 atom stereocenters. The number of amidine groups is 1. The average molecular weight is 428 g/mol. The molecule has 0 aliphatic rings. The van der Waals surface area contributed by atoms with E-state index in [-0.39, 0.29) is 18.3 Å². The summed E-state index contributed by atoms with van der Waals surface area (Å²) < 4.78 is 11.2. The van der Waals surface area contributed by atoms with Crippen molar-refractivity contribution in [2.45, 2.75) is 6.61 Å². The van der Waals surface area contributed by atoms with Crippen molar-refractivity contribution in [1.82, 2.24) is 4.98 Å². The zero-order valence-corrected chi connectivity index (χ0v) is 17.0. The fraction of sp³-hybridized carbons (Fsp3) is 0.0455. The Balaban J connectivity index is 1.71. The molecule has 4 aromatic rings. The summed E-state index contributed by atoms with van der Waals surface area (Å²) in [5.41, 5.74) is 16.5. The van der Waals surface area contributed by atoms with E-state index in [0.29, 0.717) is 22.4 Å². The number of furan rings is 1. The lowest BCUT2D eigenvalue weighted by molar-refractivity contribution is 0.293. The van der Waals surface area contributed by atoms with Gasteiger partial charge in [0.15, 0.2) is 5.84 Å². The number of aromatic nitrogens is 1. The lowest BCUT2D eigenvalue weighted by Gasteiger charge is -2.12. The first-order valence-corrected chi connectivity index (χ1v) is 10.0. The van der Waals surface area contributed by atoms with Gasteiger partial charge in [-0.3, -0.25) is 0 Å². The highest BCUT2D eigenvalue weighted by Gasteiger charge is 2.18. The quantitative estimate of drug-likeness (QED) is 0.181. The van der Waals surface area contributed by atoms with E-state index in [1.165, 1.54) is 0 Å². The molecule has 8 nitrogen and oxygen atoms in total. The molecule has 0 bridgehead atoms. The number of nitriles is 1. The molecule has 31 heavy (non-hydrogen) atoms. The van der Waals surface area contributed by atoms with E-state index in [0.717, 1.165) is 16.0 Å². The Bertz CT molecular complexity index is 1270. The van der Waals surface area contributed by atoms with E-state index >= 15 is 0 Å². The molecule has 0 saturated carbocycles. The maximum Gasteiger partial charge on any atom is 0.233 e. The second-order valence-corrected chi connectivity index (χ2v) is 7.36. The summed E-state index contributed by atoms with van der Waals surface area (Å²) in [5.74, 6) is 0.368. The maximum absolute atomic E-state index is 9.83. The van der Waals surface area contributed by atoms with Gasteiger partial charge in [-0.25, -0.2) is 4.98 Å². The molecule has 1 aromatic carbocycles. The molecule has 4 rings (SSSR count). The predicted molar refractivity (Wildman–Crippen MR) is 117 cm³/mol. The molecule has 3 heterocycles. The first-order valence-electron chi connectivity index (χ1n) is 9.13. The summed E-state index contributed by atoms with van der Waals surface area (Å²) in [6.45, 7) is 0.166. The summed E-state index contributed by atoms with van der Waals surface area (Å²) in [6, 6.07) is 17.0. The Hall–Kier alpha value is -4.29. The second-order valence-electron chi connectivity index (χ2n) is 6.41. The van der Waals surface area contributed by atoms with E-state index in [2.05, 4.69) is 21.4 Å². The molecule has 3 N–H and O–H groups in total. The predicted octanol–water partition coefficient (Wildman–Crippen LogP) is 5.17. The molecule has 152 valence electrons. The minimum Gasteiger partial charge on any atom is -0.472 e. The molecule has 0 aliphatic carbocycles. The van der Waals surface area contributed by atoms with Crippen LogP contribution in [-0.4, -0.2) is 10.8 Å². The molecular weight excluding hydrogens is 412 g/mol. The van der Waals surface area contributed by atoms with E-state index in [4.69, 9.17) is 20.4 Å². The number of hydrogen-bond acceptors (Lipinski definition) is 7. The number of hydrogen-bond donors (Lipinski definition) is 2. The summed E-state index contributed by atoms with van der Waals surface area (Å²) in [5, 5.41) is 18.3. The molecule has 0 amide bonds. The first kappa shape index (κ1) is 20.0. The van der Waals surface area contributed by atoms with Gasteiger partial charge in [0, 0.05) is 16.7 Å². The lowest BCUT2D eigenvalue weighted by Crippen LogP contribution is -2.13. The van der Waals surface area contributed by atoms with Crippen molar-refractivity contribution in [3.63, 3.8) is 0 Å². The maximum atomic E-state index is 9.83. The van der Waals surface area contributed by atoms with Gasteiger partial charge in [-0.2, -0.15) is 10.8 Å². The number of nitrogens with two attached hydrogens (primary N) is 1. The topological polar surface area (TPSA) is 134 Å². The van der Waals surface area contributed by atoms with E-state index in [1.54, 1.807) is 48.1 Å². The summed E-state index contributed by atoms with van der Waals surface area (Å²) in [6.07, 6.45) is 3.14. The third-order valence-electron chi connectivity index (χ3n) is 4.46. The van der Waals surface area contributed by atoms with Gasteiger partial charge in [-0.05, 0) is 35.2 Å². The van der Waals surface area contributed by atoms with Crippen molar-refractivity contribution in [3.05, 3.63) is 83.1 Å². The van der Waals surface area contributed by atoms with Crippen LogP contribution in [0.1, 0.15) is 16.7 Å². The van der Waals surface area contributed by atoms with E-state index in [1.807, 2.05) is 29.6 Å². The van der Waals surface area contributed by atoms with Gasteiger partial charge < -0.3 is 14.9 Å². The highest BCUT2D eigenvalue weighted by molar-refractivity contribution is 7.13. The Morgan fingerprint density at radius 3 is 2.87 bits per heavy atom. The normalized spacial score (nSPS) is 11.1. The van der Waals surface area contributed by atoms with Crippen LogP contribution in [0.25, 0.3) is 21.7 Å².